The van der Waals surface area contributed by atoms with Crippen LogP contribution in [0.2, 0.25) is 0 Å². The van der Waals surface area contributed by atoms with Gasteiger partial charge in [-0.2, -0.15) is 23.1 Å². The van der Waals surface area contributed by atoms with Crippen molar-refractivity contribution in [2.24, 2.45) is 7.05 Å². The van der Waals surface area contributed by atoms with Gasteiger partial charge in [0, 0.05) is 65.2 Å². The number of piperidine rings is 2. The molecular formula is C47H55F3N12O8S. The summed E-state index contributed by atoms with van der Waals surface area (Å²) >= 11 is 0. The molecule has 24 heteroatoms. The van der Waals surface area contributed by atoms with Crippen molar-refractivity contribution in [1.29, 1.82) is 5.26 Å². The normalized spacial score (nSPS) is 18.9. The van der Waals surface area contributed by atoms with E-state index < -0.39 is 79.0 Å². The van der Waals surface area contributed by atoms with E-state index >= 15 is 13.2 Å². The molecule has 4 amide bonds. The minimum Gasteiger partial charge on any atom is -0.389 e. The first kappa shape index (κ1) is 50.6. The molecule has 1 atom stereocenters. The maximum Gasteiger partial charge on any atom is 0.329 e. The fourth-order valence-electron chi connectivity index (χ4n) is 9.66. The molecule has 4 aliphatic rings. The highest BCUT2D eigenvalue weighted by molar-refractivity contribution is 7.90. The van der Waals surface area contributed by atoms with Crippen LogP contribution in [0.5, 0.6) is 0 Å². The third-order valence-electron chi connectivity index (χ3n) is 13.8. The number of ether oxygens (including phenoxy) is 1. The Kier molecular flexibility index (Phi) is 14.1. The third-order valence-corrected chi connectivity index (χ3v) is 15.4. The van der Waals surface area contributed by atoms with Gasteiger partial charge in [-0.3, -0.25) is 38.6 Å². The molecule has 0 saturated carbocycles. The summed E-state index contributed by atoms with van der Waals surface area (Å²) in [6.07, 6.45) is 2.93. The number of amides is 4. The number of nitrogens with zero attached hydrogens (tertiary/aromatic N) is 9. The smallest absolute Gasteiger partial charge is 0.329 e. The molecule has 4 N–H and O–H groups in total. The number of rotatable bonds is 11. The van der Waals surface area contributed by atoms with Crippen LogP contribution in [0.25, 0.3) is 21.8 Å². The van der Waals surface area contributed by atoms with Crippen LogP contribution in [0.4, 0.5) is 46.5 Å². The number of nitriles is 1. The van der Waals surface area contributed by atoms with E-state index in [1.807, 2.05) is 18.7 Å². The lowest BCUT2D eigenvalue weighted by atomic mass is 9.85. The fraction of sp³-hybridized carbons (Fsp3) is 0.468. The fourth-order valence-corrected chi connectivity index (χ4v) is 10.6. The number of anilines is 5. The van der Waals surface area contributed by atoms with Gasteiger partial charge in [0.2, 0.25) is 11.8 Å². The number of benzene rings is 3. The summed E-state index contributed by atoms with van der Waals surface area (Å²) < 4.78 is 85.1. The Balaban J connectivity index is 0.00000334. The molecule has 4 fully saturated rings. The van der Waals surface area contributed by atoms with Crippen LogP contribution in [0.15, 0.2) is 47.5 Å². The Morgan fingerprint density at radius 1 is 1.01 bits per heavy atom. The number of carbonyl (C=O) groups is 3. The number of hydrogen-bond acceptors (Lipinski definition) is 13. The summed E-state index contributed by atoms with van der Waals surface area (Å²) in [5.41, 5.74) is -3.40. The number of likely N-dealkylation sites (tertiary alicyclic amines) is 1. The van der Waals surface area contributed by atoms with Crippen LogP contribution in [0.1, 0.15) is 77.3 Å². The standard InChI is InChI=1S/C45H49F3N12O8S.C2H6/c1-4-55(2)69(66,67)54-31-6-5-29(46)40(28(31)23-49)51-33-8-7-32-38(39(33)48)42(63)60(25-50-32)26-21-45(68-24-26)12-17-58(18-13-45)37(62)22-44(65)10-15-57(16-11-44)35-20-34-27(19-30(35)47)41(53-56(34)3)59-14-9-36(61)52-43(59)64;1-2/h5-8,19-20,25-26,51,54,65H,4,9-18,21-22,24H2,1-3H3,(H,52,61,64);1-2H3/t26-;/m1./s1. The molecule has 3 aromatic carbocycles. The number of aromatic nitrogens is 4. The van der Waals surface area contributed by atoms with Gasteiger partial charge in [-0.05, 0) is 68.5 Å². The first-order valence-electron chi connectivity index (χ1n) is 23.4. The van der Waals surface area contributed by atoms with Crippen molar-refractivity contribution < 1.29 is 45.8 Å². The van der Waals surface area contributed by atoms with Crippen molar-refractivity contribution in [3.05, 3.63) is 76.1 Å². The van der Waals surface area contributed by atoms with Crippen LogP contribution in [0, 0.1) is 28.8 Å². The number of aryl methyl sites for hydroxylation is 1. The third kappa shape index (κ3) is 9.70. The van der Waals surface area contributed by atoms with Gasteiger partial charge in [0.1, 0.15) is 28.7 Å². The second kappa shape index (κ2) is 19.8. The Labute approximate surface area is 407 Å². The Morgan fingerprint density at radius 2 is 1.72 bits per heavy atom. The molecule has 378 valence electrons. The highest BCUT2D eigenvalue weighted by atomic mass is 32.2. The van der Waals surface area contributed by atoms with Crippen molar-refractivity contribution in [1.82, 2.24) is 33.9 Å². The lowest BCUT2D eigenvalue weighted by molar-refractivity contribution is -0.142. The quantitative estimate of drug-likeness (QED) is 0.134. The molecule has 0 bridgehead atoms. The highest BCUT2D eigenvalue weighted by Gasteiger charge is 2.46. The summed E-state index contributed by atoms with van der Waals surface area (Å²) in [4.78, 5) is 61.0. The maximum absolute atomic E-state index is 16.3. The SMILES string of the molecule is CC.CCN(C)S(=O)(=O)Nc1ccc(F)c(Nc2ccc3ncn([C@H]4COC5(CCN(C(=O)CC6(O)CCN(c7cc8c(cc7F)c(N7CCC(=O)NC7=O)nn8C)CC6)CC5)C4)c(=O)c3c2F)c1C#N. The maximum atomic E-state index is 16.3. The molecule has 5 aromatic rings. The monoisotopic (exact) mass is 1000 g/mol. The number of imide groups is 1. The van der Waals surface area contributed by atoms with E-state index in [4.69, 9.17) is 4.74 Å². The van der Waals surface area contributed by atoms with Crippen molar-refractivity contribution in [3.63, 3.8) is 0 Å². The number of carbonyl (C=O) groups excluding carboxylic acids is 3. The van der Waals surface area contributed by atoms with Gasteiger partial charge in [-0.25, -0.2) is 22.9 Å². The molecule has 0 unspecified atom stereocenters. The molecule has 4 saturated heterocycles. The van der Waals surface area contributed by atoms with E-state index in [0.29, 0.717) is 48.9 Å². The van der Waals surface area contributed by atoms with Crippen molar-refractivity contribution in [2.75, 3.05) is 72.8 Å². The second-order valence-corrected chi connectivity index (χ2v) is 19.8. The molecule has 9 rings (SSSR count). The summed E-state index contributed by atoms with van der Waals surface area (Å²) in [5.74, 6) is -2.97. The van der Waals surface area contributed by atoms with Gasteiger partial charge < -0.3 is 25.0 Å². The van der Waals surface area contributed by atoms with E-state index in [2.05, 4.69) is 25.4 Å². The van der Waals surface area contributed by atoms with Crippen molar-refractivity contribution in [2.45, 2.75) is 83.0 Å². The number of fused-ring (bicyclic) bond motifs is 2. The van der Waals surface area contributed by atoms with E-state index in [1.165, 1.54) is 41.0 Å². The van der Waals surface area contributed by atoms with Crippen molar-refractivity contribution >= 4 is 78.4 Å². The first-order chi connectivity index (χ1) is 33.8. The van der Waals surface area contributed by atoms with E-state index in [-0.39, 0.29) is 87.1 Å². The number of urea groups is 1. The Morgan fingerprint density at radius 3 is 2.39 bits per heavy atom. The Hall–Kier alpha value is -6.81. The minimum atomic E-state index is -4.10. The zero-order chi connectivity index (χ0) is 51.2. The minimum absolute atomic E-state index is 0.0242. The van der Waals surface area contributed by atoms with Crippen LogP contribution in [0.3, 0.4) is 0 Å². The zero-order valence-corrected chi connectivity index (χ0v) is 40.7. The first-order valence-corrected chi connectivity index (χ1v) is 24.9. The van der Waals surface area contributed by atoms with Gasteiger partial charge in [-0.1, -0.05) is 20.8 Å². The number of halogens is 3. The molecule has 20 nitrogen and oxygen atoms in total. The molecule has 0 radical (unpaired) electrons. The van der Waals surface area contributed by atoms with E-state index in [1.54, 1.807) is 35.7 Å². The molecule has 71 heavy (non-hydrogen) atoms. The number of hydrogen-bond donors (Lipinski definition) is 4. The molecule has 6 heterocycles. The van der Waals surface area contributed by atoms with E-state index in [9.17, 15) is 38.0 Å². The molecule has 4 aliphatic heterocycles. The van der Waals surface area contributed by atoms with Gasteiger partial charge >= 0.3 is 16.2 Å². The van der Waals surface area contributed by atoms with Crippen LogP contribution in [-0.4, -0.2) is 124 Å². The van der Waals surface area contributed by atoms with Gasteiger partial charge in [0.05, 0.1) is 70.4 Å². The molecule has 1 spiro atoms. The van der Waals surface area contributed by atoms with Crippen LogP contribution in [-0.2, 0) is 31.6 Å². The zero-order valence-electron chi connectivity index (χ0n) is 39.9. The largest absolute Gasteiger partial charge is 0.389 e. The van der Waals surface area contributed by atoms with Gasteiger partial charge in [0.25, 0.3) is 5.56 Å². The lowest BCUT2D eigenvalue weighted by Crippen LogP contribution is -2.51. The Bertz CT molecular complexity index is 3150. The lowest BCUT2D eigenvalue weighted by Gasteiger charge is -2.42. The van der Waals surface area contributed by atoms with E-state index in [0.717, 1.165) is 16.4 Å². The van der Waals surface area contributed by atoms with Crippen LogP contribution < -0.4 is 30.7 Å². The number of aliphatic hydroxyl groups is 1. The molecule has 2 aromatic heterocycles. The summed E-state index contributed by atoms with van der Waals surface area (Å²) in [5, 5.41) is 30.8. The topological polar surface area (TPSA) is 240 Å². The average Bonchev–Trinajstić information content (AvgIpc) is 3.90. The summed E-state index contributed by atoms with van der Waals surface area (Å²) in [7, 11) is -1.11. The average molecular weight is 1010 g/mol. The second-order valence-electron chi connectivity index (χ2n) is 18.0. The van der Waals surface area contributed by atoms with Gasteiger partial charge in [0.15, 0.2) is 11.6 Å². The predicted octanol–water partition coefficient (Wildman–Crippen LogP) is 5.14. The highest BCUT2D eigenvalue weighted by Crippen LogP contribution is 2.42. The molecular weight excluding hydrogens is 950 g/mol. The number of nitrogens with one attached hydrogen (secondary N) is 3. The predicted molar refractivity (Wildman–Crippen MR) is 258 cm³/mol. The van der Waals surface area contributed by atoms with Gasteiger partial charge in [-0.15, -0.1) is 0 Å². The van der Waals surface area contributed by atoms with Crippen molar-refractivity contribution in [3.8, 4) is 6.07 Å². The van der Waals surface area contributed by atoms with Crippen LogP contribution >= 0.6 is 0 Å². The summed E-state index contributed by atoms with van der Waals surface area (Å²) in [6, 6.07) is 8.16. The summed E-state index contributed by atoms with van der Waals surface area (Å²) in [6.45, 7) is 7.13. The molecule has 0 aliphatic carbocycles.